The summed E-state index contributed by atoms with van der Waals surface area (Å²) in [5, 5.41) is 5.68. The maximum absolute atomic E-state index is 12.4. The number of benzene rings is 2. The fourth-order valence-corrected chi connectivity index (χ4v) is 3.53. The van der Waals surface area contributed by atoms with E-state index >= 15 is 0 Å². The van der Waals surface area contributed by atoms with Crippen LogP contribution in [0.15, 0.2) is 65.7 Å². The summed E-state index contributed by atoms with van der Waals surface area (Å²) in [6.07, 6.45) is 1.57. The van der Waals surface area contributed by atoms with Crippen LogP contribution in [0.5, 0.6) is 0 Å². The van der Waals surface area contributed by atoms with Crippen molar-refractivity contribution in [3.05, 3.63) is 82.0 Å². The van der Waals surface area contributed by atoms with Gasteiger partial charge in [0, 0.05) is 17.9 Å². The molecule has 0 spiro atoms. The first-order chi connectivity index (χ1) is 13.5. The van der Waals surface area contributed by atoms with Crippen molar-refractivity contribution < 1.29 is 14.3 Å². The molecule has 0 radical (unpaired) electrons. The second-order valence-corrected chi connectivity index (χ2v) is 7.12. The Labute approximate surface area is 171 Å². The first-order valence-corrected chi connectivity index (χ1v) is 9.69. The highest BCUT2D eigenvalue weighted by Gasteiger charge is 2.15. The van der Waals surface area contributed by atoms with E-state index in [1.165, 1.54) is 18.3 Å². The standard InChI is InChI=1S/C21H17ClN2O3S/c1-14(25)23-19(11-15-7-3-2-4-8-15)21(26)27-12-16-13-28-20(24-16)17-9-5-6-10-18(17)22/h2-11,13H,12H2,1H3,(H,23,25)/b19-11-. The molecule has 0 atom stereocenters. The van der Waals surface area contributed by atoms with Crippen molar-refractivity contribution in [2.24, 2.45) is 0 Å². The number of ether oxygens (including phenoxy) is 1. The molecule has 1 aromatic heterocycles. The summed E-state index contributed by atoms with van der Waals surface area (Å²) in [5.74, 6) is -0.986. The highest BCUT2D eigenvalue weighted by molar-refractivity contribution is 7.13. The highest BCUT2D eigenvalue weighted by atomic mass is 35.5. The summed E-state index contributed by atoms with van der Waals surface area (Å²) >= 11 is 7.62. The van der Waals surface area contributed by atoms with E-state index in [2.05, 4.69) is 10.3 Å². The third-order valence-electron chi connectivity index (χ3n) is 3.65. The van der Waals surface area contributed by atoms with Gasteiger partial charge in [-0.25, -0.2) is 9.78 Å². The minimum absolute atomic E-state index is 0.00843. The van der Waals surface area contributed by atoms with Gasteiger partial charge in [-0.2, -0.15) is 0 Å². The molecule has 7 heteroatoms. The molecule has 0 unspecified atom stereocenters. The van der Waals surface area contributed by atoms with E-state index in [9.17, 15) is 9.59 Å². The maximum atomic E-state index is 12.4. The summed E-state index contributed by atoms with van der Waals surface area (Å²) < 4.78 is 5.33. The van der Waals surface area contributed by atoms with Crippen LogP contribution in [-0.2, 0) is 20.9 Å². The van der Waals surface area contributed by atoms with Crippen molar-refractivity contribution in [3.63, 3.8) is 0 Å². The van der Waals surface area contributed by atoms with E-state index < -0.39 is 5.97 Å². The van der Waals surface area contributed by atoms with Crippen LogP contribution in [0.2, 0.25) is 5.02 Å². The van der Waals surface area contributed by atoms with Crippen molar-refractivity contribution in [2.75, 3.05) is 0 Å². The van der Waals surface area contributed by atoms with Crippen LogP contribution in [0.1, 0.15) is 18.2 Å². The molecule has 0 aliphatic carbocycles. The van der Waals surface area contributed by atoms with Gasteiger partial charge in [0.2, 0.25) is 5.91 Å². The van der Waals surface area contributed by atoms with Gasteiger partial charge in [-0.3, -0.25) is 4.79 Å². The molecule has 1 N–H and O–H groups in total. The Morgan fingerprint density at radius 3 is 2.57 bits per heavy atom. The summed E-state index contributed by atoms with van der Waals surface area (Å²) in [6.45, 7) is 1.33. The van der Waals surface area contributed by atoms with Gasteiger partial charge < -0.3 is 10.1 Å². The number of halogens is 1. The van der Waals surface area contributed by atoms with Crippen molar-refractivity contribution >= 4 is 40.9 Å². The van der Waals surface area contributed by atoms with Gasteiger partial charge in [-0.1, -0.05) is 60.1 Å². The second-order valence-electron chi connectivity index (χ2n) is 5.85. The van der Waals surface area contributed by atoms with Crippen molar-refractivity contribution in [3.8, 4) is 10.6 Å². The zero-order valence-electron chi connectivity index (χ0n) is 15.0. The monoisotopic (exact) mass is 412 g/mol. The van der Waals surface area contributed by atoms with Crippen LogP contribution in [0.25, 0.3) is 16.6 Å². The average Bonchev–Trinajstić information content (AvgIpc) is 3.15. The minimum atomic E-state index is -0.633. The number of nitrogens with zero attached hydrogens (tertiary/aromatic N) is 1. The van der Waals surface area contributed by atoms with E-state index in [0.29, 0.717) is 10.7 Å². The third kappa shape index (κ3) is 5.28. The van der Waals surface area contributed by atoms with Gasteiger partial charge in [0.1, 0.15) is 17.3 Å². The fraction of sp³-hybridized carbons (Fsp3) is 0.0952. The molecular formula is C21H17ClN2O3S. The number of nitrogens with one attached hydrogen (secondary N) is 1. The van der Waals surface area contributed by atoms with Gasteiger partial charge in [-0.05, 0) is 17.7 Å². The van der Waals surface area contributed by atoms with Gasteiger partial charge in [-0.15, -0.1) is 11.3 Å². The first kappa shape index (κ1) is 19.8. The van der Waals surface area contributed by atoms with Crippen LogP contribution < -0.4 is 5.32 Å². The molecule has 1 heterocycles. The topological polar surface area (TPSA) is 68.3 Å². The zero-order valence-corrected chi connectivity index (χ0v) is 16.6. The van der Waals surface area contributed by atoms with Crippen LogP contribution in [0, 0.1) is 0 Å². The highest BCUT2D eigenvalue weighted by Crippen LogP contribution is 2.30. The number of hydrogen-bond acceptors (Lipinski definition) is 5. The first-order valence-electron chi connectivity index (χ1n) is 8.43. The lowest BCUT2D eigenvalue weighted by atomic mass is 10.2. The van der Waals surface area contributed by atoms with E-state index in [-0.39, 0.29) is 18.2 Å². The molecule has 2 aromatic carbocycles. The minimum Gasteiger partial charge on any atom is -0.454 e. The molecule has 5 nitrogen and oxygen atoms in total. The Hall–Kier alpha value is -2.96. The maximum Gasteiger partial charge on any atom is 0.355 e. The number of thiazole rings is 1. The van der Waals surface area contributed by atoms with Crippen LogP contribution in [0.3, 0.4) is 0 Å². The number of amides is 1. The zero-order chi connectivity index (χ0) is 19.9. The number of rotatable bonds is 6. The molecule has 3 rings (SSSR count). The molecule has 0 saturated carbocycles. The lowest BCUT2D eigenvalue weighted by Gasteiger charge is -2.08. The number of hydrogen-bond donors (Lipinski definition) is 1. The predicted molar refractivity (Wildman–Crippen MR) is 111 cm³/mol. The van der Waals surface area contributed by atoms with Gasteiger partial charge in [0.05, 0.1) is 10.7 Å². The number of carbonyl (C=O) groups is 2. The van der Waals surface area contributed by atoms with Gasteiger partial charge >= 0.3 is 5.97 Å². The predicted octanol–water partition coefficient (Wildman–Crippen LogP) is 4.68. The van der Waals surface area contributed by atoms with E-state index in [0.717, 1.165) is 16.1 Å². The fourth-order valence-electron chi connectivity index (χ4n) is 2.40. The summed E-state index contributed by atoms with van der Waals surface area (Å²) in [5.41, 5.74) is 2.28. The average molecular weight is 413 g/mol. The number of aromatic nitrogens is 1. The number of carbonyl (C=O) groups excluding carboxylic acids is 2. The molecule has 0 aliphatic heterocycles. The summed E-state index contributed by atoms with van der Waals surface area (Å²) in [7, 11) is 0. The summed E-state index contributed by atoms with van der Waals surface area (Å²) in [4.78, 5) is 28.3. The SMILES string of the molecule is CC(=O)N/C(=C\c1ccccc1)C(=O)OCc1csc(-c2ccccc2Cl)n1. The van der Waals surface area contributed by atoms with Crippen molar-refractivity contribution in [2.45, 2.75) is 13.5 Å². The quantitative estimate of drug-likeness (QED) is 0.471. The molecule has 1 amide bonds. The van der Waals surface area contributed by atoms with E-state index in [1.807, 2.05) is 53.9 Å². The Morgan fingerprint density at radius 2 is 1.86 bits per heavy atom. The van der Waals surface area contributed by atoms with Gasteiger partial charge in [0.25, 0.3) is 0 Å². The van der Waals surface area contributed by atoms with Crippen LogP contribution >= 0.6 is 22.9 Å². The molecule has 0 bridgehead atoms. The normalized spacial score (nSPS) is 11.1. The molecule has 3 aromatic rings. The second kappa shape index (κ2) is 9.30. The van der Waals surface area contributed by atoms with Gasteiger partial charge in [0.15, 0.2) is 0 Å². The Kier molecular flexibility index (Phi) is 6.57. The molecular weight excluding hydrogens is 396 g/mol. The smallest absolute Gasteiger partial charge is 0.355 e. The van der Waals surface area contributed by atoms with Crippen molar-refractivity contribution in [1.29, 1.82) is 0 Å². The Morgan fingerprint density at radius 1 is 1.14 bits per heavy atom. The van der Waals surface area contributed by atoms with Crippen LogP contribution in [0.4, 0.5) is 0 Å². The van der Waals surface area contributed by atoms with E-state index in [4.69, 9.17) is 16.3 Å². The molecule has 0 fully saturated rings. The largest absolute Gasteiger partial charge is 0.454 e. The molecule has 142 valence electrons. The lowest BCUT2D eigenvalue weighted by Crippen LogP contribution is -2.26. The summed E-state index contributed by atoms with van der Waals surface area (Å²) in [6, 6.07) is 16.6. The van der Waals surface area contributed by atoms with Crippen LogP contribution in [-0.4, -0.2) is 16.9 Å². The Balaban J connectivity index is 1.70. The molecule has 0 aliphatic rings. The molecule has 0 saturated heterocycles. The molecule has 28 heavy (non-hydrogen) atoms. The van der Waals surface area contributed by atoms with Crippen molar-refractivity contribution in [1.82, 2.24) is 10.3 Å². The number of esters is 1. The van der Waals surface area contributed by atoms with E-state index in [1.54, 1.807) is 12.1 Å². The lowest BCUT2D eigenvalue weighted by molar-refractivity contribution is -0.141. The third-order valence-corrected chi connectivity index (χ3v) is 4.90. The Bertz CT molecular complexity index is 1020.